The molecule has 0 aliphatic carbocycles. The van der Waals surface area contributed by atoms with Crippen LogP contribution in [0.1, 0.15) is 29.9 Å². The molecular formula is C23H22ClN5O. The number of amides is 1. The van der Waals surface area contributed by atoms with Crippen molar-refractivity contribution >= 4 is 23.2 Å². The molecule has 1 atom stereocenters. The molecule has 0 saturated carbocycles. The summed E-state index contributed by atoms with van der Waals surface area (Å²) in [5.74, 6) is 0.0594. The van der Waals surface area contributed by atoms with E-state index < -0.39 is 0 Å². The van der Waals surface area contributed by atoms with E-state index in [1.165, 1.54) is 0 Å². The molecule has 3 aromatic rings. The molecule has 2 heterocycles. The van der Waals surface area contributed by atoms with Crippen molar-refractivity contribution in [2.24, 2.45) is 0 Å². The molecule has 30 heavy (non-hydrogen) atoms. The number of imidazole rings is 1. The van der Waals surface area contributed by atoms with Gasteiger partial charge in [0.25, 0.3) is 0 Å². The van der Waals surface area contributed by atoms with Crippen molar-refractivity contribution in [2.75, 3.05) is 24.5 Å². The van der Waals surface area contributed by atoms with Gasteiger partial charge in [0.2, 0.25) is 5.91 Å². The van der Waals surface area contributed by atoms with Gasteiger partial charge in [-0.05, 0) is 42.8 Å². The van der Waals surface area contributed by atoms with Gasteiger partial charge in [-0.3, -0.25) is 9.69 Å². The van der Waals surface area contributed by atoms with Crippen LogP contribution in [0.5, 0.6) is 0 Å². The van der Waals surface area contributed by atoms with Crippen molar-refractivity contribution in [1.29, 1.82) is 5.26 Å². The van der Waals surface area contributed by atoms with Crippen molar-refractivity contribution in [1.82, 2.24) is 14.5 Å². The fraction of sp³-hybridized carbons (Fsp3) is 0.261. The first-order valence-electron chi connectivity index (χ1n) is 9.85. The van der Waals surface area contributed by atoms with Crippen LogP contribution in [0.4, 0.5) is 5.69 Å². The quantitative estimate of drug-likeness (QED) is 0.629. The summed E-state index contributed by atoms with van der Waals surface area (Å²) in [5.41, 5.74) is 3.67. The summed E-state index contributed by atoms with van der Waals surface area (Å²) < 4.78 is 2.11. The Labute approximate surface area is 180 Å². The van der Waals surface area contributed by atoms with Crippen LogP contribution in [-0.4, -0.2) is 40.0 Å². The lowest BCUT2D eigenvalue weighted by Gasteiger charge is -2.38. The van der Waals surface area contributed by atoms with Gasteiger partial charge < -0.3 is 9.47 Å². The van der Waals surface area contributed by atoms with E-state index in [4.69, 9.17) is 16.9 Å². The van der Waals surface area contributed by atoms with Crippen LogP contribution in [0, 0.1) is 11.3 Å². The Morgan fingerprint density at radius 1 is 1.20 bits per heavy atom. The summed E-state index contributed by atoms with van der Waals surface area (Å²) in [4.78, 5) is 21.1. The molecule has 2 aromatic carbocycles. The van der Waals surface area contributed by atoms with Gasteiger partial charge in [-0.15, -0.1) is 0 Å². The minimum Gasteiger partial charge on any atom is -0.318 e. The van der Waals surface area contributed by atoms with E-state index in [0.29, 0.717) is 30.1 Å². The highest BCUT2D eigenvalue weighted by Gasteiger charge is 2.29. The first kappa shape index (κ1) is 20.1. The molecule has 1 aliphatic heterocycles. The van der Waals surface area contributed by atoms with Gasteiger partial charge in [0.05, 0.1) is 30.7 Å². The van der Waals surface area contributed by atoms with Crippen molar-refractivity contribution in [3.8, 4) is 6.07 Å². The summed E-state index contributed by atoms with van der Waals surface area (Å²) >= 11 is 6.08. The Kier molecular flexibility index (Phi) is 5.84. The minimum atomic E-state index is 0.00587. The molecule has 1 unspecified atom stereocenters. The maximum absolute atomic E-state index is 12.8. The number of hydrogen-bond donors (Lipinski definition) is 0. The second-order valence-corrected chi connectivity index (χ2v) is 7.84. The van der Waals surface area contributed by atoms with E-state index in [1.54, 1.807) is 4.90 Å². The summed E-state index contributed by atoms with van der Waals surface area (Å²) in [6.45, 7) is 3.80. The molecule has 1 fully saturated rings. The fourth-order valence-electron chi connectivity index (χ4n) is 3.81. The number of benzene rings is 2. The number of halogens is 1. The highest BCUT2D eigenvalue weighted by atomic mass is 35.5. The van der Waals surface area contributed by atoms with Crippen LogP contribution < -0.4 is 4.90 Å². The standard InChI is InChI=1S/C23H22ClN5O/c1-17(27-9-10-28(23(30)15-27)21-4-2-3-20(24)12-21)29-16-26-14-22(29)11-18-5-7-19(13-25)8-6-18/h2-8,12,14,16-17H,9-11,15H2,1H3. The second-order valence-electron chi connectivity index (χ2n) is 7.41. The number of aromatic nitrogens is 2. The van der Waals surface area contributed by atoms with Crippen LogP contribution in [-0.2, 0) is 11.2 Å². The highest BCUT2D eigenvalue weighted by Crippen LogP contribution is 2.24. The summed E-state index contributed by atoms with van der Waals surface area (Å²) in [6.07, 6.45) is 4.40. The molecule has 152 valence electrons. The zero-order valence-electron chi connectivity index (χ0n) is 16.7. The molecule has 0 radical (unpaired) electrons. The van der Waals surface area contributed by atoms with Crippen LogP contribution in [0.15, 0.2) is 61.1 Å². The minimum absolute atomic E-state index is 0.00587. The predicted octanol–water partition coefficient (Wildman–Crippen LogP) is 3.87. The Hall–Kier alpha value is -3.14. The number of carbonyl (C=O) groups excluding carboxylic acids is 1. The predicted molar refractivity (Wildman–Crippen MR) is 116 cm³/mol. The molecule has 4 rings (SSSR count). The Morgan fingerprint density at radius 2 is 2.00 bits per heavy atom. The maximum atomic E-state index is 12.8. The van der Waals surface area contributed by atoms with Crippen LogP contribution >= 0.6 is 11.6 Å². The van der Waals surface area contributed by atoms with E-state index in [1.807, 2.05) is 61.1 Å². The zero-order chi connectivity index (χ0) is 21.1. The second kappa shape index (κ2) is 8.70. The summed E-state index contributed by atoms with van der Waals surface area (Å²) in [5, 5.41) is 9.59. The maximum Gasteiger partial charge on any atom is 0.241 e. The van der Waals surface area contributed by atoms with Crippen molar-refractivity contribution in [3.05, 3.63) is 82.9 Å². The monoisotopic (exact) mass is 419 g/mol. The fourth-order valence-corrected chi connectivity index (χ4v) is 4.00. The number of rotatable bonds is 5. The van der Waals surface area contributed by atoms with E-state index in [2.05, 4.69) is 27.4 Å². The third-order valence-electron chi connectivity index (χ3n) is 5.52. The first-order chi connectivity index (χ1) is 14.5. The van der Waals surface area contributed by atoms with E-state index in [9.17, 15) is 4.79 Å². The molecular weight excluding hydrogens is 398 g/mol. The molecule has 1 saturated heterocycles. The smallest absolute Gasteiger partial charge is 0.241 e. The Balaban J connectivity index is 1.45. The van der Waals surface area contributed by atoms with Gasteiger partial charge in [-0.25, -0.2) is 4.98 Å². The highest BCUT2D eigenvalue weighted by molar-refractivity contribution is 6.30. The van der Waals surface area contributed by atoms with Gasteiger partial charge in [0.1, 0.15) is 0 Å². The topological polar surface area (TPSA) is 65.2 Å². The van der Waals surface area contributed by atoms with E-state index in [0.717, 1.165) is 23.5 Å². The van der Waals surface area contributed by atoms with Gasteiger partial charge in [-0.1, -0.05) is 29.8 Å². The van der Waals surface area contributed by atoms with Crippen LogP contribution in [0.2, 0.25) is 5.02 Å². The van der Waals surface area contributed by atoms with E-state index >= 15 is 0 Å². The van der Waals surface area contributed by atoms with Crippen molar-refractivity contribution < 1.29 is 4.79 Å². The van der Waals surface area contributed by atoms with Crippen LogP contribution in [0.3, 0.4) is 0 Å². The molecule has 6 nitrogen and oxygen atoms in total. The number of carbonyl (C=O) groups is 1. The van der Waals surface area contributed by atoms with Gasteiger partial charge in [0.15, 0.2) is 0 Å². The third-order valence-corrected chi connectivity index (χ3v) is 5.75. The summed E-state index contributed by atoms with van der Waals surface area (Å²) in [7, 11) is 0. The SMILES string of the molecule is CC(N1CCN(c2cccc(Cl)c2)C(=O)C1)n1cncc1Cc1ccc(C#N)cc1. The molecule has 0 spiro atoms. The third kappa shape index (κ3) is 4.23. The van der Waals surface area contributed by atoms with E-state index in [-0.39, 0.29) is 12.1 Å². The first-order valence-corrected chi connectivity index (χ1v) is 10.2. The van der Waals surface area contributed by atoms with Gasteiger partial charge >= 0.3 is 0 Å². The lowest BCUT2D eigenvalue weighted by molar-refractivity contribution is -0.122. The van der Waals surface area contributed by atoms with Crippen LogP contribution in [0.25, 0.3) is 0 Å². The lowest BCUT2D eigenvalue weighted by Crippen LogP contribution is -2.52. The molecule has 7 heteroatoms. The zero-order valence-corrected chi connectivity index (χ0v) is 17.5. The number of anilines is 1. The number of nitrogens with zero attached hydrogens (tertiary/aromatic N) is 5. The lowest BCUT2D eigenvalue weighted by atomic mass is 10.1. The Bertz CT molecular complexity index is 1090. The average molecular weight is 420 g/mol. The van der Waals surface area contributed by atoms with Gasteiger partial charge in [0, 0.05) is 42.1 Å². The molecule has 1 aliphatic rings. The molecule has 0 bridgehead atoms. The molecule has 1 amide bonds. The Morgan fingerprint density at radius 3 is 2.70 bits per heavy atom. The number of hydrogen-bond acceptors (Lipinski definition) is 4. The van der Waals surface area contributed by atoms with Crippen molar-refractivity contribution in [3.63, 3.8) is 0 Å². The molecule has 1 aromatic heterocycles. The average Bonchev–Trinajstić information content (AvgIpc) is 3.21. The largest absolute Gasteiger partial charge is 0.318 e. The van der Waals surface area contributed by atoms with Crippen molar-refractivity contribution in [2.45, 2.75) is 19.5 Å². The normalized spacial score (nSPS) is 15.8. The van der Waals surface area contributed by atoms with Gasteiger partial charge in [-0.2, -0.15) is 5.26 Å². The molecule has 0 N–H and O–H groups in total. The number of piperazine rings is 1. The summed E-state index contributed by atoms with van der Waals surface area (Å²) in [6, 6.07) is 17.1. The number of nitriles is 1.